The molecule has 1 aromatic rings. The predicted octanol–water partition coefficient (Wildman–Crippen LogP) is 3.86. The van der Waals surface area contributed by atoms with E-state index in [4.69, 9.17) is 0 Å². The van der Waals surface area contributed by atoms with Gasteiger partial charge in [-0.15, -0.1) is 0 Å². The summed E-state index contributed by atoms with van der Waals surface area (Å²) in [5, 5.41) is -1.60. The highest BCUT2D eigenvalue weighted by Crippen LogP contribution is 2.42. The second-order valence-corrected chi connectivity index (χ2v) is 4.23. The Bertz CT molecular complexity index is 290. The maximum atomic E-state index is 12.6. The summed E-state index contributed by atoms with van der Waals surface area (Å²) < 4.78 is 37.7. The van der Waals surface area contributed by atoms with Crippen molar-refractivity contribution < 1.29 is 12.9 Å². The summed E-state index contributed by atoms with van der Waals surface area (Å²) in [4.78, 5) is 0. The largest absolute Gasteiger partial charge is 0.484 e. The van der Waals surface area contributed by atoms with Gasteiger partial charge in [-0.05, 0) is 6.42 Å². The molecule has 0 spiro atoms. The maximum Gasteiger partial charge on any atom is 0.484 e. The molecule has 0 atom stereocenters. The molecule has 1 aromatic carbocycles. The second-order valence-electron chi connectivity index (χ2n) is 4.23. The lowest BCUT2D eigenvalue weighted by molar-refractivity contribution is 0.380. The van der Waals surface area contributed by atoms with Crippen molar-refractivity contribution in [2.75, 3.05) is 0 Å². The number of rotatable bonds is 3. The molecule has 0 N–H and O–H groups in total. The van der Waals surface area contributed by atoms with Gasteiger partial charge in [0.05, 0.1) is 0 Å². The third-order valence-corrected chi connectivity index (χ3v) is 2.39. The number of benzene rings is 1. The summed E-state index contributed by atoms with van der Waals surface area (Å²) in [5.41, 5.74) is 0.733. The Kier molecular flexibility index (Phi) is 2.93. The highest BCUT2D eigenvalue weighted by atomic mass is 19.4. The third-order valence-electron chi connectivity index (χ3n) is 2.39. The van der Waals surface area contributed by atoms with Crippen LogP contribution in [0, 0.1) is 0 Å². The average Bonchev–Trinajstić information content (AvgIpc) is 2.03. The Morgan fingerprint density at radius 2 is 1.57 bits per heavy atom. The molecular formula is C10H13BF3-. The van der Waals surface area contributed by atoms with Gasteiger partial charge in [0, 0.05) is 0 Å². The van der Waals surface area contributed by atoms with Gasteiger partial charge in [-0.2, -0.15) is 0 Å². The van der Waals surface area contributed by atoms with Crippen LogP contribution < -0.4 is 0 Å². The summed E-state index contributed by atoms with van der Waals surface area (Å²) in [6, 6.07) is 8.77. The van der Waals surface area contributed by atoms with Crippen LogP contribution in [0.3, 0.4) is 0 Å². The Labute approximate surface area is 82.2 Å². The summed E-state index contributed by atoms with van der Waals surface area (Å²) in [5.74, 6) is 0. The molecule has 0 radical (unpaired) electrons. The van der Waals surface area contributed by atoms with Crippen LogP contribution in [0.15, 0.2) is 30.3 Å². The highest BCUT2D eigenvalue weighted by molar-refractivity contribution is 6.62. The molecular weight excluding hydrogens is 188 g/mol. The van der Waals surface area contributed by atoms with Crippen molar-refractivity contribution >= 4 is 6.98 Å². The van der Waals surface area contributed by atoms with Gasteiger partial charge in [0.15, 0.2) is 0 Å². The van der Waals surface area contributed by atoms with Crippen molar-refractivity contribution in [1.82, 2.24) is 0 Å². The molecule has 0 nitrogen and oxygen atoms in total. The molecule has 0 saturated heterocycles. The molecule has 0 bridgehead atoms. The molecule has 0 aliphatic rings. The van der Waals surface area contributed by atoms with Gasteiger partial charge in [-0.1, -0.05) is 55.1 Å². The SMILES string of the molecule is CC(C)(Cc1ccccc1)[B-](F)(F)F. The average molecular weight is 201 g/mol. The molecule has 0 aromatic heterocycles. The van der Waals surface area contributed by atoms with Crippen LogP contribution in [-0.4, -0.2) is 6.98 Å². The zero-order chi connectivity index (χ0) is 10.8. The van der Waals surface area contributed by atoms with Crippen molar-refractivity contribution in [3.63, 3.8) is 0 Å². The van der Waals surface area contributed by atoms with E-state index in [2.05, 4.69) is 0 Å². The van der Waals surface area contributed by atoms with Crippen molar-refractivity contribution in [3.8, 4) is 0 Å². The minimum absolute atomic E-state index is 0.0529. The second kappa shape index (κ2) is 3.68. The Hall–Kier alpha value is -0.925. The summed E-state index contributed by atoms with van der Waals surface area (Å²) >= 11 is 0. The molecule has 0 amide bonds. The molecule has 0 heterocycles. The smallest absolute Gasteiger partial charge is 0.449 e. The van der Waals surface area contributed by atoms with Gasteiger partial charge >= 0.3 is 6.98 Å². The quantitative estimate of drug-likeness (QED) is 0.651. The molecule has 0 aliphatic heterocycles. The van der Waals surface area contributed by atoms with E-state index < -0.39 is 12.3 Å². The Balaban J connectivity index is 2.79. The van der Waals surface area contributed by atoms with E-state index >= 15 is 0 Å². The highest BCUT2D eigenvalue weighted by Gasteiger charge is 2.41. The van der Waals surface area contributed by atoms with Crippen LogP contribution in [0.4, 0.5) is 12.9 Å². The van der Waals surface area contributed by atoms with Gasteiger partial charge in [0.2, 0.25) is 0 Å². The van der Waals surface area contributed by atoms with E-state index in [1.165, 1.54) is 13.8 Å². The molecule has 4 heteroatoms. The first-order chi connectivity index (χ1) is 6.33. The van der Waals surface area contributed by atoms with Gasteiger partial charge in [-0.3, -0.25) is 0 Å². The zero-order valence-electron chi connectivity index (χ0n) is 8.31. The minimum Gasteiger partial charge on any atom is -0.449 e. The van der Waals surface area contributed by atoms with Crippen molar-refractivity contribution in [3.05, 3.63) is 35.9 Å². The molecule has 0 unspecified atom stereocenters. The lowest BCUT2D eigenvalue weighted by atomic mass is 9.57. The first-order valence-electron chi connectivity index (χ1n) is 4.56. The van der Waals surface area contributed by atoms with E-state index in [9.17, 15) is 12.9 Å². The van der Waals surface area contributed by atoms with Gasteiger partial charge < -0.3 is 12.9 Å². The first kappa shape index (κ1) is 11.2. The van der Waals surface area contributed by atoms with Crippen LogP contribution in [0.5, 0.6) is 0 Å². The molecule has 78 valence electrons. The lowest BCUT2D eigenvalue weighted by Crippen LogP contribution is -2.33. The zero-order valence-corrected chi connectivity index (χ0v) is 8.31. The monoisotopic (exact) mass is 201 g/mol. The number of halogens is 3. The van der Waals surface area contributed by atoms with Gasteiger partial charge in [0.1, 0.15) is 0 Å². The van der Waals surface area contributed by atoms with Crippen LogP contribution in [0.25, 0.3) is 0 Å². The normalized spacial score (nSPS) is 12.9. The van der Waals surface area contributed by atoms with E-state index in [1.807, 2.05) is 0 Å². The van der Waals surface area contributed by atoms with E-state index in [0.29, 0.717) is 0 Å². The maximum absolute atomic E-state index is 12.6. The fourth-order valence-electron chi connectivity index (χ4n) is 1.24. The summed E-state index contributed by atoms with van der Waals surface area (Å²) in [6.07, 6.45) is 0.0529. The van der Waals surface area contributed by atoms with Crippen LogP contribution in [0.1, 0.15) is 19.4 Å². The van der Waals surface area contributed by atoms with Crippen LogP contribution in [-0.2, 0) is 6.42 Å². The minimum atomic E-state index is -4.79. The van der Waals surface area contributed by atoms with E-state index in [1.54, 1.807) is 30.3 Å². The summed E-state index contributed by atoms with van der Waals surface area (Å²) in [7, 11) is 0. The van der Waals surface area contributed by atoms with Crippen molar-refractivity contribution in [2.24, 2.45) is 0 Å². The topological polar surface area (TPSA) is 0 Å². The summed E-state index contributed by atoms with van der Waals surface area (Å²) in [6.45, 7) is -2.29. The Morgan fingerprint density at radius 1 is 1.07 bits per heavy atom. The van der Waals surface area contributed by atoms with Crippen LogP contribution in [0.2, 0.25) is 5.31 Å². The lowest BCUT2D eigenvalue weighted by Gasteiger charge is -2.34. The first-order valence-corrected chi connectivity index (χ1v) is 4.56. The molecule has 0 fully saturated rings. The fourth-order valence-corrected chi connectivity index (χ4v) is 1.24. The molecule has 0 saturated carbocycles. The van der Waals surface area contributed by atoms with E-state index in [0.717, 1.165) is 5.56 Å². The molecule has 14 heavy (non-hydrogen) atoms. The third kappa shape index (κ3) is 2.53. The van der Waals surface area contributed by atoms with Crippen LogP contribution >= 0.6 is 0 Å². The Morgan fingerprint density at radius 3 is 2.00 bits per heavy atom. The van der Waals surface area contributed by atoms with Crippen molar-refractivity contribution in [2.45, 2.75) is 25.6 Å². The van der Waals surface area contributed by atoms with Gasteiger partial charge in [0.25, 0.3) is 0 Å². The predicted molar refractivity (Wildman–Crippen MR) is 53.3 cm³/mol. The number of hydrogen-bond acceptors (Lipinski definition) is 0. The standard InChI is InChI=1S/C10H13BF3/c1-10(2,11(12,13)14)8-9-6-4-3-5-7-9/h3-7H,8H2,1-2H3/q-1. The number of hydrogen-bond donors (Lipinski definition) is 0. The fraction of sp³-hybridized carbons (Fsp3) is 0.400. The molecule has 0 aliphatic carbocycles. The molecule has 1 rings (SSSR count). The van der Waals surface area contributed by atoms with Crippen molar-refractivity contribution in [1.29, 1.82) is 0 Å². The van der Waals surface area contributed by atoms with Gasteiger partial charge in [-0.25, -0.2) is 0 Å². The van der Waals surface area contributed by atoms with E-state index in [-0.39, 0.29) is 6.42 Å².